The number of hydrogen-bond donors (Lipinski definition) is 3. The Morgan fingerprint density at radius 3 is 2.78 bits per heavy atom. The van der Waals surface area contributed by atoms with Gasteiger partial charge in [-0.25, -0.2) is 23.5 Å². The van der Waals surface area contributed by atoms with Crippen molar-refractivity contribution in [3.05, 3.63) is 33.7 Å². The van der Waals surface area contributed by atoms with Gasteiger partial charge in [0.1, 0.15) is 10.6 Å². The van der Waals surface area contributed by atoms with E-state index in [9.17, 15) is 13.2 Å². The van der Waals surface area contributed by atoms with Crippen LogP contribution in [0.2, 0.25) is 0 Å². The molecule has 5 N–H and O–H groups in total. The van der Waals surface area contributed by atoms with E-state index in [4.69, 9.17) is 10.9 Å². The summed E-state index contributed by atoms with van der Waals surface area (Å²) in [5.41, 5.74) is 9.44. The number of nitrogens with two attached hydrogens (primary N) is 2. The minimum Gasteiger partial charge on any atom is -0.383 e. The standard InChI is InChI=1S/C21H25N5O3S3/c1-10-4-5-14-16(6-10)31-20-18(14)19(22)25-21(26-20)30-9-17(27)24-15-8-13(32(23,28)29)7-11(2)12(15)3/h7-8,10H,4-6,9H2,1-3H3,(H,24,27)(H2,22,25,26)(H2,23,28,29). The third-order valence-corrected chi connectivity index (χ3v) is 8.63. The molecule has 0 saturated carbocycles. The molecule has 2 heterocycles. The number of thioether (sulfide) groups is 1. The molecule has 1 aliphatic rings. The van der Waals surface area contributed by atoms with E-state index < -0.39 is 10.0 Å². The first kappa shape index (κ1) is 23.0. The summed E-state index contributed by atoms with van der Waals surface area (Å²) >= 11 is 2.85. The Morgan fingerprint density at radius 2 is 2.06 bits per heavy atom. The van der Waals surface area contributed by atoms with Crippen molar-refractivity contribution in [2.75, 3.05) is 16.8 Å². The molecule has 0 bridgehead atoms. The van der Waals surface area contributed by atoms with Gasteiger partial charge in [0, 0.05) is 10.6 Å². The van der Waals surface area contributed by atoms with Crippen molar-refractivity contribution >= 4 is 60.8 Å². The predicted octanol–water partition coefficient (Wildman–Crippen LogP) is 3.39. The quantitative estimate of drug-likeness (QED) is 0.367. The van der Waals surface area contributed by atoms with Gasteiger partial charge in [0.2, 0.25) is 15.9 Å². The first-order valence-electron chi connectivity index (χ1n) is 10.2. The number of nitrogens with one attached hydrogen (secondary N) is 1. The zero-order valence-electron chi connectivity index (χ0n) is 18.1. The number of carbonyl (C=O) groups excluding carboxylic acids is 1. The molecule has 1 atom stereocenters. The molecule has 1 aliphatic carbocycles. The van der Waals surface area contributed by atoms with Gasteiger partial charge < -0.3 is 11.1 Å². The molecular weight excluding hydrogens is 466 g/mol. The van der Waals surface area contributed by atoms with Crippen LogP contribution in [0.4, 0.5) is 11.5 Å². The van der Waals surface area contributed by atoms with Crippen LogP contribution >= 0.6 is 23.1 Å². The van der Waals surface area contributed by atoms with Crippen LogP contribution in [0.25, 0.3) is 10.2 Å². The van der Waals surface area contributed by atoms with E-state index in [1.165, 1.54) is 34.3 Å². The third kappa shape index (κ3) is 4.61. The molecular formula is C21H25N5O3S3. The second kappa shape index (κ2) is 8.62. The smallest absolute Gasteiger partial charge is 0.238 e. The lowest BCUT2D eigenvalue weighted by Crippen LogP contribution is -2.17. The summed E-state index contributed by atoms with van der Waals surface area (Å²) in [5.74, 6) is 0.871. The number of nitrogens with zero attached hydrogens (tertiary/aromatic N) is 2. The van der Waals surface area contributed by atoms with E-state index in [1.54, 1.807) is 18.3 Å². The van der Waals surface area contributed by atoms with Crippen LogP contribution in [0.3, 0.4) is 0 Å². The van der Waals surface area contributed by atoms with E-state index in [2.05, 4.69) is 22.2 Å². The van der Waals surface area contributed by atoms with Gasteiger partial charge in [-0.3, -0.25) is 4.79 Å². The monoisotopic (exact) mass is 491 g/mol. The number of primary sulfonamides is 1. The highest BCUT2D eigenvalue weighted by molar-refractivity contribution is 7.99. The van der Waals surface area contributed by atoms with Gasteiger partial charge in [-0.1, -0.05) is 18.7 Å². The number of nitrogen functional groups attached to an aromatic ring is 1. The second-order valence-electron chi connectivity index (χ2n) is 8.22. The Kier molecular flexibility index (Phi) is 6.19. The predicted molar refractivity (Wildman–Crippen MR) is 130 cm³/mol. The van der Waals surface area contributed by atoms with Gasteiger partial charge in [-0.05, 0) is 67.9 Å². The maximum absolute atomic E-state index is 12.6. The fourth-order valence-electron chi connectivity index (χ4n) is 3.85. The van der Waals surface area contributed by atoms with Gasteiger partial charge in [0.05, 0.1) is 16.0 Å². The number of aromatic nitrogens is 2. The number of hydrogen-bond acceptors (Lipinski definition) is 8. The van der Waals surface area contributed by atoms with Crippen molar-refractivity contribution in [3.63, 3.8) is 0 Å². The molecule has 11 heteroatoms. The molecule has 4 rings (SSSR count). The van der Waals surface area contributed by atoms with E-state index in [-0.39, 0.29) is 16.6 Å². The van der Waals surface area contributed by atoms with Crippen LogP contribution in [0, 0.1) is 19.8 Å². The SMILES string of the molecule is Cc1cc(S(N)(=O)=O)cc(NC(=O)CSc2nc(N)c3c4c(sc3n2)CC(C)CC4)c1C. The number of aryl methyl sites for hydroxylation is 2. The summed E-state index contributed by atoms with van der Waals surface area (Å²) in [6, 6.07) is 2.86. The average molecular weight is 492 g/mol. The number of thiophene rings is 1. The lowest BCUT2D eigenvalue weighted by Gasteiger charge is -2.17. The zero-order valence-corrected chi connectivity index (χ0v) is 20.5. The first-order chi connectivity index (χ1) is 15.0. The van der Waals surface area contributed by atoms with Crippen LogP contribution < -0.4 is 16.2 Å². The Balaban J connectivity index is 1.51. The van der Waals surface area contributed by atoms with Crippen molar-refractivity contribution in [2.24, 2.45) is 11.1 Å². The normalized spacial score (nSPS) is 16.2. The summed E-state index contributed by atoms with van der Waals surface area (Å²) in [4.78, 5) is 23.8. The van der Waals surface area contributed by atoms with Gasteiger partial charge in [-0.2, -0.15) is 0 Å². The van der Waals surface area contributed by atoms with Crippen LogP contribution in [0.15, 0.2) is 22.2 Å². The number of anilines is 2. The van der Waals surface area contributed by atoms with Gasteiger partial charge in [-0.15, -0.1) is 11.3 Å². The molecule has 0 saturated heterocycles. The Hall–Kier alpha value is -2.21. The first-order valence-corrected chi connectivity index (χ1v) is 13.5. The number of carbonyl (C=O) groups is 1. The second-order valence-corrected chi connectivity index (χ2v) is 11.8. The van der Waals surface area contributed by atoms with Crippen molar-refractivity contribution in [2.45, 2.75) is 50.1 Å². The highest BCUT2D eigenvalue weighted by Gasteiger charge is 2.23. The van der Waals surface area contributed by atoms with Crippen molar-refractivity contribution in [1.29, 1.82) is 0 Å². The summed E-state index contributed by atoms with van der Waals surface area (Å²) < 4.78 is 23.4. The molecule has 1 aromatic carbocycles. The van der Waals surface area contributed by atoms with Crippen molar-refractivity contribution in [3.8, 4) is 0 Å². The number of benzene rings is 1. The fourth-order valence-corrected chi connectivity index (χ4v) is 6.57. The minimum atomic E-state index is -3.88. The van der Waals surface area contributed by atoms with E-state index in [0.29, 0.717) is 22.6 Å². The number of amides is 1. The van der Waals surface area contributed by atoms with Gasteiger partial charge in [0.25, 0.3) is 0 Å². The molecule has 1 unspecified atom stereocenters. The maximum atomic E-state index is 12.6. The molecule has 32 heavy (non-hydrogen) atoms. The lowest BCUT2D eigenvalue weighted by atomic mass is 9.89. The summed E-state index contributed by atoms with van der Waals surface area (Å²) in [5, 5.41) is 9.41. The van der Waals surface area contributed by atoms with Crippen LogP contribution in [-0.4, -0.2) is 30.0 Å². The molecule has 0 aliphatic heterocycles. The molecule has 1 amide bonds. The number of sulfonamides is 1. The molecule has 0 fully saturated rings. The van der Waals surface area contributed by atoms with Crippen molar-refractivity contribution < 1.29 is 13.2 Å². The molecule has 2 aromatic heterocycles. The summed E-state index contributed by atoms with van der Waals surface area (Å²) in [7, 11) is -3.88. The van der Waals surface area contributed by atoms with Crippen LogP contribution in [-0.2, 0) is 27.7 Å². The molecule has 170 valence electrons. The van der Waals surface area contributed by atoms with Gasteiger partial charge >= 0.3 is 0 Å². The topological polar surface area (TPSA) is 141 Å². The largest absolute Gasteiger partial charge is 0.383 e. The molecule has 0 radical (unpaired) electrons. The highest BCUT2D eigenvalue weighted by Crippen LogP contribution is 2.40. The van der Waals surface area contributed by atoms with Crippen LogP contribution in [0.5, 0.6) is 0 Å². The van der Waals surface area contributed by atoms with Crippen LogP contribution in [0.1, 0.15) is 34.9 Å². The number of fused-ring (bicyclic) bond motifs is 3. The molecule has 3 aromatic rings. The maximum Gasteiger partial charge on any atom is 0.238 e. The lowest BCUT2D eigenvalue weighted by molar-refractivity contribution is -0.113. The fraction of sp³-hybridized carbons (Fsp3) is 0.381. The minimum absolute atomic E-state index is 0.0407. The summed E-state index contributed by atoms with van der Waals surface area (Å²) in [6.07, 6.45) is 3.17. The third-order valence-electron chi connectivity index (χ3n) is 5.74. The summed E-state index contributed by atoms with van der Waals surface area (Å²) in [6.45, 7) is 5.83. The van der Waals surface area contributed by atoms with Crippen molar-refractivity contribution in [1.82, 2.24) is 9.97 Å². The Morgan fingerprint density at radius 1 is 1.31 bits per heavy atom. The Bertz CT molecular complexity index is 1330. The zero-order chi connectivity index (χ0) is 23.2. The average Bonchev–Trinajstić information content (AvgIpc) is 3.06. The van der Waals surface area contributed by atoms with E-state index >= 15 is 0 Å². The van der Waals surface area contributed by atoms with Gasteiger partial charge in [0.15, 0.2) is 5.16 Å². The Labute approximate surface area is 195 Å². The van der Waals surface area contributed by atoms with E-state index in [0.717, 1.165) is 40.6 Å². The molecule has 0 spiro atoms. The van der Waals surface area contributed by atoms with E-state index in [1.807, 2.05) is 6.92 Å². The highest BCUT2D eigenvalue weighted by atomic mass is 32.2. The number of rotatable bonds is 5. The molecule has 8 nitrogen and oxygen atoms in total.